The van der Waals surface area contributed by atoms with Crippen molar-refractivity contribution < 1.29 is 0 Å². The largest absolute Gasteiger partial charge is 0.330 e. The molecule has 3 atom stereocenters. The van der Waals surface area contributed by atoms with Gasteiger partial charge in [0.05, 0.1) is 10.7 Å². The molecule has 0 aliphatic heterocycles. The van der Waals surface area contributed by atoms with E-state index >= 15 is 0 Å². The highest BCUT2D eigenvalue weighted by atomic mass is 32.1. The lowest BCUT2D eigenvalue weighted by Crippen LogP contribution is -2.07. The van der Waals surface area contributed by atoms with Gasteiger partial charge in [-0.1, -0.05) is 6.42 Å². The monoisotopic (exact) mass is 236 g/mol. The molecule has 3 heteroatoms. The molecule has 1 aromatic heterocycles. The lowest BCUT2D eigenvalue weighted by atomic mass is 9.89. The fourth-order valence-corrected chi connectivity index (χ4v) is 4.81. The van der Waals surface area contributed by atoms with E-state index in [1.54, 1.807) is 0 Å². The van der Waals surface area contributed by atoms with E-state index in [2.05, 4.69) is 6.92 Å². The quantitative estimate of drug-likeness (QED) is 0.876. The molecule has 88 valence electrons. The van der Waals surface area contributed by atoms with Crippen LogP contribution in [0.5, 0.6) is 0 Å². The molecule has 1 aromatic rings. The van der Waals surface area contributed by atoms with E-state index in [-0.39, 0.29) is 0 Å². The van der Waals surface area contributed by atoms with Crippen molar-refractivity contribution in [3.05, 3.63) is 15.6 Å². The third-order valence-electron chi connectivity index (χ3n) is 4.34. The first-order valence-electron chi connectivity index (χ1n) is 6.44. The number of thiazole rings is 1. The van der Waals surface area contributed by atoms with Gasteiger partial charge in [-0.05, 0) is 51.0 Å². The van der Waals surface area contributed by atoms with E-state index in [1.165, 1.54) is 41.3 Å². The molecule has 2 fully saturated rings. The molecule has 0 amide bonds. The fourth-order valence-electron chi connectivity index (χ4n) is 3.52. The van der Waals surface area contributed by atoms with Crippen molar-refractivity contribution in [2.24, 2.45) is 17.6 Å². The van der Waals surface area contributed by atoms with E-state index in [0.717, 1.165) is 30.7 Å². The van der Waals surface area contributed by atoms with Gasteiger partial charge >= 0.3 is 0 Å². The van der Waals surface area contributed by atoms with Crippen molar-refractivity contribution in [3.8, 4) is 0 Å². The molecule has 2 N–H and O–H groups in total. The summed E-state index contributed by atoms with van der Waals surface area (Å²) in [6.45, 7) is 2.89. The maximum Gasteiger partial charge on any atom is 0.0964 e. The molecule has 3 rings (SSSR count). The van der Waals surface area contributed by atoms with Gasteiger partial charge in [-0.3, -0.25) is 0 Å². The van der Waals surface area contributed by atoms with Gasteiger partial charge in [0.25, 0.3) is 0 Å². The van der Waals surface area contributed by atoms with E-state index in [0.29, 0.717) is 0 Å². The molecular weight excluding hydrogens is 216 g/mol. The lowest BCUT2D eigenvalue weighted by Gasteiger charge is -2.18. The summed E-state index contributed by atoms with van der Waals surface area (Å²) in [5, 5.41) is 1.41. The molecule has 0 saturated heterocycles. The van der Waals surface area contributed by atoms with Crippen LogP contribution >= 0.6 is 11.3 Å². The minimum Gasteiger partial charge on any atom is -0.330 e. The third kappa shape index (κ3) is 1.70. The van der Waals surface area contributed by atoms with Gasteiger partial charge < -0.3 is 5.73 Å². The minimum absolute atomic E-state index is 0.749. The maximum absolute atomic E-state index is 5.63. The second-order valence-corrected chi connectivity index (χ2v) is 6.50. The van der Waals surface area contributed by atoms with Crippen LogP contribution in [0.25, 0.3) is 0 Å². The molecule has 2 aliphatic carbocycles. The number of fused-ring (bicyclic) bond motifs is 2. The number of hydrogen-bond acceptors (Lipinski definition) is 3. The van der Waals surface area contributed by atoms with E-state index < -0.39 is 0 Å². The summed E-state index contributed by atoms with van der Waals surface area (Å²) in [6.07, 6.45) is 6.79. The molecule has 2 saturated carbocycles. The van der Waals surface area contributed by atoms with Crippen molar-refractivity contribution in [1.82, 2.24) is 4.98 Å². The van der Waals surface area contributed by atoms with E-state index in [1.807, 2.05) is 11.3 Å². The first-order chi connectivity index (χ1) is 7.78. The number of nitrogens with zero attached hydrogens (tertiary/aromatic N) is 1. The molecule has 2 aliphatic rings. The summed E-state index contributed by atoms with van der Waals surface area (Å²) < 4.78 is 0. The highest BCUT2D eigenvalue weighted by Crippen LogP contribution is 2.53. The predicted molar refractivity (Wildman–Crippen MR) is 67.8 cm³/mol. The number of aromatic nitrogens is 1. The average molecular weight is 236 g/mol. The highest BCUT2D eigenvalue weighted by Gasteiger charge is 2.41. The van der Waals surface area contributed by atoms with Gasteiger partial charge in [0, 0.05) is 10.8 Å². The molecule has 2 bridgehead atoms. The van der Waals surface area contributed by atoms with Crippen molar-refractivity contribution in [1.29, 1.82) is 0 Å². The number of rotatable bonds is 3. The van der Waals surface area contributed by atoms with Crippen LogP contribution < -0.4 is 5.73 Å². The van der Waals surface area contributed by atoms with Gasteiger partial charge in [0.2, 0.25) is 0 Å². The van der Waals surface area contributed by atoms with Crippen LogP contribution in [-0.2, 0) is 6.42 Å². The molecule has 3 unspecified atom stereocenters. The Morgan fingerprint density at radius 3 is 2.88 bits per heavy atom. The third-order valence-corrected chi connectivity index (χ3v) is 5.69. The summed E-state index contributed by atoms with van der Waals surface area (Å²) >= 11 is 1.93. The lowest BCUT2D eigenvalue weighted by molar-refractivity contribution is 0.418. The first kappa shape index (κ1) is 10.7. The summed E-state index contributed by atoms with van der Waals surface area (Å²) in [5.41, 5.74) is 6.86. The normalized spacial score (nSPS) is 32.5. The van der Waals surface area contributed by atoms with Crippen LogP contribution in [-0.4, -0.2) is 11.5 Å². The predicted octanol–water partition coefficient (Wildman–Crippen LogP) is 2.86. The molecule has 0 aromatic carbocycles. The van der Waals surface area contributed by atoms with Crippen LogP contribution in [0.2, 0.25) is 0 Å². The van der Waals surface area contributed by atoms with Gasteiger partial charge in [-0.25, -0.2) is 4.98 Å². The Kier molecular flexibility index (Phi) is 2.76. The van der Waals surface area contributed by atoms with Crippen LogP contribution in [0.1, 0.15) is 47.2 Å². The van der Waals surface area contributed by atoms with Crippen molar-refractivity contribution >= 4 is 11.3 Å². The zero-order valence-electron chi connectivity index (χ0n) is 9.91. The van der Waals surface area contributed by atoms with Crippen molar-refractivity contribution in [3.63, 3.8) is 0 Å². The van der Waals surface area contributed by atoms with Crippen LogP contribution in [0.4, 0.5) is 0 Å². The maximum atomic E-state index is 5.63. The summed E-state index contributed by atoms with van der Waals surface area (Å²) in [5.74, 6) is 2.74. The first-order valence-corrected chi connectivity index (χ1v) is 7.26. The van der Waals surface area contributed by atoms with Crippen molar-refractivity contribution in [2.75, 3.05) is 6.54 Å². The smallest absolute Gasteiger partial charge is 0.0964 e. The second kappa shape index (κ2) is 4.11. The second-order valence-electron chi connectivity index (χ2n) is 5.38. The molecule has 16 heavy (non-hydrogen) atoms. The van der Waals surface area contributed by atoms with Crippen molar-refractivity contribution in [2.45, 2.75) is 44.9 Å². The summed E-state index contributed by atoms with van der Waals surface area (Å²) in [6, 6.07) is 0. The zero-order valence-corrected chi connectivity index (χ0v) is 10.7. The fraction of sp³-hybridized carbons (Fsp3) is 0.769. The van der Waals surface area contributed by atoms with Crippen LogP contribution in [0, 0.1) is 18.8 Å². The standard InChI is InChI=1S/C13H20N2S/c1-8-12(4-5-14)16-13(15-8)11-7-9-2-3-10(11)6-9/h9-11H,2-7,14H2,1H3. The summed E-state index contributed by atoms with van der Waals surface area (Å²) in [4.78, 5) is 6.21. The van der Waals surface area contributed by atoms with E-state index in [9.17, 15) is 0 Å². The Labute approximate surface area is 101 Å². The number of hydrogen-bond donors (Lipinski definition) is 1. The van der Waals surface area contributed by atoms with Gasteiger partial charge in [0.15, 0.2) is 0 Å². The Bertz CT molecular complexity index is 385. The molecule has 0 radical (unpaired) electrons. The number of aryl methyl sites for hydroxylation is 1. The molecule has 1 heterocycles. The Balaban J connectivity index is 1.82. The Morgan fingerprint density at radius 2 is 2.25 bits per heavy atom. The number of nitrogens with two attached hydrogens (primary N) is 1. The molecule has 0 spiro atoms. The van der Waals surface area contributed by atoms with E-state index in [4.69, 9.17) is 10.7 Å². The molecule has 2 nitrogen and oxygen atoms in total. The topological polar surface area (TPSA) is 38.9 Å². The Morgan fingerprint density at radius 1 is 1.38 bits per heavy atom. The van der Waals surface area contributed by atoms with Gasteiger partial charge in [0.1, 0.15) is 0 Å². The average Bonchev–Trinajstić information content (AvgIpc) is 2.94. The van der Waals surface area contributed by atoms with Crippen LogP contribution in [0.15, 0.2) is 0 Å². The Hall–Kier alpha value is -0.410. The minimum atomic E-state index is 0.749. The molecular formula is C13H20N2S. The van der Waals surface area contributed by atoms with Gasteiger partial charge in [-0.15, -0.1) is 11.3 Å². The zero-order chi connectivity index (χ0) is 11.1. The summed E-state index contributed by atoms with van der Waals surface area (Å²) in [7, 11) is 0. The highest BCUT2D eigenvalue weighted by molar-refractivity contribution is 7.11. The van der Waals surface area contributed by atoms with Gasteiger partial charge in [-0.2, -0.15) is 0 Å². The van der Waals surface area contributed by atoms with Crippen LogP contribution in [0.3, 0.4) is 0 Å². The SMILES string of the molecule is Cc1nc(C2CC3CCC2C3)sc1CCN.